The van der Waals surface area contributed by atoms with Crippen molar-refractivity contribution in [1.29, 1.82) is 0 Å². The summed E-state index contributed by atoms with van der Waals surface area (Å²) < 4.78 is 12.2. The molecule has 0 spiro atoms. The third kappa shape index (κ3) is 6.22. The van der Waals surface area contributed by atoms with Crippen LogP contribution in [-0.4, -0.2) is 52.0 Å². The Hall–Kier alpha value is -4.02. The second-order valence-electron chi connectivity index (χ2n) is 7.84. The van der Waals surface area contributed by atoms with Gasteiger partial charge in [-0.3, -0.25) is 9.36 Å². The molecule has 0 aliphatic heterocycles. The molecule has 0 aliphatic rings. The minimum atomic E-state index is -0.332. The number of halogens is 1. The van der Waals surface area contributed by atoms with Gasteiger partial charge < -0.3 is 14.6 Å². The molecule has 4 aromatic rings. The second kappa shape index (κ2) is 11.8. The van der Waals surface area contributed by atoms with Gasteiger partial charge in [-0.05, 0) is 43.3 Å². The van der Waals surface area contributed by atoms with Crippen LogP contribution in [0.1, 0.15) is 11.1 Å². The van der Waals surface area contributed by atoms with Gasteiger partial charge in [-0.25, -0.2) is 5.43 Å². The largest absolute Gasteiger partial charge is 0.502 e. The minimum absolute atomic E-state index is 0.0547. The number of phenols is 1. The van der Waals surface area contributed by atoms with Gasteiger partial charge in [-0.1, -0.05) is 53.2 Å². The molecule has 190 valence electrons. The average molecular weight is 538 g/mol. The summed E-state index contributed by atoms with van der Waals surface area (Å²) in [6.45, 7) is 2.02. The topological polar surface area (TPSA) is 111 Å². The number of thioether (sulfide) groups is 1. The first-order valence-corrected chi connectivity index (χ1v) is 12.4. The Bertz CT molecular complexity index is 1400. The molecular weight excluding hydrogens is 514 g/mol. The summed E-state index contributed by atoms with van der Waals surface area (Å²) in [6, 6.07) is 18.5. The van der Waals surface area contributed by atoms with Gasteiger partial charge in [-0.15, -0.1) is 10.2 Å². The normalized spacial score (nSPS) is 11.0. The summed E-state index contributed by atoms with van der Waals surface area (Å²) in [7, 11) is 2.86. The van der Waals surface area contributed by atoms with Crippen molar-refractivity contribution in [2.75, 3.05) is 20.0 Å². The molecule has 3 aromatic carbocycles. The predicted molar refractivity (Wildman–Crippen MR) is 144 cm³/mol. The van der Waals surface area contributed by atoms with Gasteiger partial charge >= 0.3 is 0 Å². The van der Waals surface area contributed by atoms with Crippen LogP contribution in [-0.2, 0) is 4.79 Å². The highest BCUT2D eigenvalue weighted by molar-refractivity contribution is 7.99. The third-order valence-corrected chi connectivity index (χ3v) is 6.45. The summed E-state index contributed by atoms with van der Waals surface area (Å²) in [5.74, 6) is 0.721. The van der Waals surface area contributed by atoms with Gasteiger partial charge in [0, 0.05) is 21.8 Å². The number of carbonyl (C=O) groups is 1. The first-order valence-electron chi connectivity index (χ1n) is 11.1. The van der Waals surface area contributed by atoms with Crippen LogP contribution < -0.4 is 14.9 Å². The Morgan fingerprint density at radius 3 is 2.35 bits per heavy atom. The molecule has 0 fully saturated rings. The molecule has 11 heteroatoms. The number of aromatic nitrogens is 3. The Morgan fingerprint density at radius 1 is 1.08 bits per heavy atom. The Morgan fingerprint density at radius 2 is 1.73 bits per heavy atom. The van der Waals surface area contributed by atoms with Gasteiger partial charge in [0.2, 0.25) is 5.75 Å². The van der Waals surface area contributed by atoms with Gasteiger partial charge in [0.05, 0.1) is 26.2 Å². The van der Waals surface area contributed by atoms with Crippen molar-refractivity contribution in [2.24, 2.45) is 5.10 Å². The van der Waals surface area contributed by atoms with Crippen molar-refractivity contribution in [3.8, 4) is 34.3 Å². The van der Waals surface area contributed by atoms with E-state index in [9.17, 15) is 9.90 Å². The Balaban J connectivity index is 1.49. The summed E-state index contributed by atoms with van der Waals surface area (Å²) in [4.78, 5) is 12.5. The number of ether oxygens (including phenoxy) is 2. The zero-order valence-electron chi connectivity index (χ0n) is 20.3. The molecule has 9 nitrogen and oxygen atoms in total. The van der Waals surface area contributed by atoms with Crippen LogP contribution in [0.5, 0.6) is 17.2 Å². The quantitative estimate of drug-likeness (QED) is 0.178. The maximum atomic E-state index is 12.5. The lowest BCUT2D eigenvalue weighted by molar-refractivity contribution is -0.118. The summed E-state index contributed by atoms with van der Waals surface area (Å²) in [6.07, 6.45) is 1.43. The van der Waals surface area contributed by atoms with Crippen molar-refractivity contribution in [3.05, 3.63) is 76.8 Å². The van der Waals surface area contributed by atoms with Crippen LogP contribution in [0.15, 0.2) is 70.9 Å². The zero-order valence-corrected chi connectivity index (χ0v) is 21.9. The molecule has 1 heterocycles. The summed E-state index contributed by atoms with van der Waals surface area (Å²) in [5, 5.41) is 23.9. The third-order valence-electron chi connectivity index (χ3n) is 5.27. The standard InChI is InChI=1S/C26H24ClN5O4S/c1-16-4-6-18(7-5-16)25-30-31-26(32(25)20-10-8-19(27)9-11-20)37-15-23(33)29-28-14-17-12-21(35-2)24(34)22(13-17)36-3/h4-14,34H,15H2,1-3H3,(H,29,33). The van der Waals surface area contributed by atoms with Crippen LogP contribution in [0.4, 0.5) is 0 Å². The fraction of sp³-hybridized carbons (Fsp3) is 0.154. The number of nitrogens with zero attached hydrogens (tertiary/aromatic N) is 4. The van der Waals surface area contributed by atoms with Gasteiger partial charge in [0.15, 0.2) is 22.5 Å². The van der Waals surface area contributed by atoms with E-state index in [0.29, 0.717) is 21.6 Å². The number of carbonyl (C=O) groups excluding carboxylic acids is 1. The monoisotopic (exact) mass is 537 g/mol. The molecule has 0 aliphatic carbocycles. The lowest BCUT2D eigenvalue weighted by atomic mass is 10.1. The van der Waals surface area contributed by atoms with E-state index in [1.54, 1.807) is 24.3 Å². The smallest absolute Gasteiger partial charge is 0.250 e. The number of aromatic hydroxyl groups is 1. The highest BCUT2D eigenvalue weighted by atomic mass is 35.5. The van der Waals surface area contributed by atoms with E-state index in [0.717, 1.165) is 16.8 Å². The maximum Gasteiger partial charge on any atom is 0.250 e. The van der Waals surface area contributed by atoms with E-state index in [2.05, 4.69) is 20.7 Å². The van der Waals surface area contributed by atoms with Crippen LogP contribution in [0.2, 0.25) is 5.02 Å². The molecule has 37 heavy (non-hydrogen) atoms. The molecule has 2 N–H and O–H groups in total. The van der Waals surface area contributed by atoms with Crippen LogP contribution in [0.3, 0.4) is 0 Å². The number of rotatable bonds is 9. The molecule has 1 aromatic heterocycles. The number of amides is 1. The molecule has 0 saturated carbocycles. The van der Waals surface area contributed by atoms with Gasteiger partial charge in [-0.2, -0.15) is 5.10 Å². The number of methoxy groups -OCH3 is 2. The second-order valence-corrected chi connectivity index (χ2v) is 9.22. The van der Waals surface area contributed by atoms with Crippen molar-refractivity contribution in [2.45, 2.75) is 12.1 Å². The highest BCUT2D eigenvalue weighted by Crippen LogP contribution is 2.36. The number of aryl methyl sites for hydroxylation is 1. The maximum absolute atomic E-state index is 12.5. The number of hydrogen-bond acceptors (Lipinski definition) is 8. The van der Waals surface area contributed by atoms with E-state index in [4.69, 9.17) is 21.1 Å². The Labute approximate surface area is 223 Å². The molecule has 4 rings (SSSR count). The van der Waals surface area contributed by atoms with Gasteiger partial charge in [0.25, 0.3) is 5.91 Å². The minimum Gasteiger partial charge on any atom is -0.502 e. The highest BCUT2D eigenvalue weighted by Gasteiger charge is 2.17. The van der Waals surface area contributed by atoms with Crippen molar-refractivity contribution >= 4 is 35.5 Å². The van der Waals surface area contributed by atoms with E-state index in [1.807, 2.05) is 47.9 Å². The molecule has 1 amide bonds. The van der Waals surface area contributed by atoms with Crippen molar-refractivity contribution < 1.29 is 19.4 Å². The molecule has 0 atom stereocenters. The number of benzene rings is 3. The first kappa shape index (κ1) is 26.1. The van der Waals surface area contributed by atoms with Gasteiger partial charge in [0.1, 0.15) is 0 Å². The number of nitrogens with one attached hydrogen (secondary N) is 1. The van der Waals surface area contributed by atoms with E-state index in [1.165, 1.54) is 32.2 Å². The van der Waals surface area contributed by atoms with Crippen molar-refractivity contribution in [1.82, 2.24) is 20.2 Å². The molecule has 0 saturated heterocycles. The lowest BCUT2D eigenvalue weighted by Crippen LogP contribution is -2.20. The van der Waals surface area contributed by atoms with Crippen LogP contribution >= 0.6 is 23.4 Å². The Kier molecular flexibility index (Phi) is 8.32. The van der Waals surface area contributed by atoms with E-state index < -0.39 is 0 Å². The lowest BCUT2D eigenvalue weighted by Gasteiger charge is -2.10. The SMILES string of the molecule is COc1cc(C=NNC(=O)CSc2nnc(-c3ccc(C)cc3)n2-c2ccc(Cl)cc2)cc(OC)c1O. The predicted octanol–water partition coefficient (Wildman–Crippen LogP) is 4.86. The summed E-state index contributed by atoms with van der Waals surface area (Å²) >= 11 is 7.32. The first-order chi connectivity index (χ1) is 17.9. The number of hydrazone groups is 1. The van der Waals surface area contributed by atoms with Crippen LogP contribution in [0.25, 0.3) is 17.1 Å². The van der Waals surface area contributed by atoms with E-state index >= 15 is 0 Å². The van der Waals surface area contributed by atoms with E-state index in [-0.39, 0.29) is 28.9 Å². The van der Waals surface area contributed by atoms with Crippen LogP contribution in [0, 0.1) is 6.92 Å². The van der Waals surface area contributed by atoms with Crippen molar-refractivity contribution in [3.63, 3.8) is 0 Å². The number of hydrogen-bond donors (Lipinski definition) is 2. The number of phenolic OH excluding ortho intramolecular Hbond substituents is 1. The molecule has 0 radical (unpaired) electrons. The fourth-order valence-corrected chi connectivity index (χ4v) is 4.28. The summed E-state index contributed by atoms with van der Waals surface area (Å²) in [5.41, 5.74) is 5.92. The molecule has 0 unspecified atom stereocenters. The molecular formula is C26H24ClN5O4S. The fourth-order valence-electron chi connectivity index (χ4n) is 3.41. The zero-order chi connectivity index (χ0) is 26.4. The average Bonchev–Trinajstić information content (AvgIpc) is 3.33. The molecule has 0 bridgehead atoms.